The number of carbonyl (C=O) groups is 4. The Morgan fingerprint density at radius 2 is 0.473 bits per heavy atom. The molecule has 0 radical (unpaired) electrons. The SMILES string of the molecule is CCCCCCC(CCCCCC)COC(=O)CCCCCBr.CCCCCCC(CCCCCC)COC(=O)CCCCCN.CCCCCCC(CCCCCC)COC(=O)CCCCCNCCCCCC(=O)OCC(CCCCCC)CCCCCC. The molecule has 0 aliphatic rings. The second-order valence-electron chi connectivity index (χ2n) is 27.5. The smallest absolute Gasteiger partial charge is 0.305 e. The van der Waals surface area contributed by atoms with E-state index in [1.165, 1.54) is 257 Å². The van der Waals surface area contributed by atoms with E-state index in [0.717, 1.165) is 95.5 Å². The molecule has 0 spiro atoms. The number of nitrogens with two attached hydrogens (primary N) is 1. The molecule has 0 aromatic carbocycles. The van der Waals surface area contributed by atoms with Crippen molar-refractivity contribution in [3.05, 3.63) is 0 Å². The lowest BCUT2D eigenvalue weighted by molar-refractivity contribution is -0.146. The number of carbonyl (C=O) groups excluding carboxylic acids is 4. The van der Waals surface area contributed by atoms with Crippen molar-refractivity contribution in [2.24, 2.45) is 29.4 Å². The van der Waals surface area contributed by atoms with E-state index in [-0.39, 0.29) is 23.9 Å². The van der Waals surface area contributed by atoms with Gasteiger partial charge in [0.05, 0.1) is 26.4 Å². The highest BCUT2D eigenvalue weighted by molar-refractivity contribution is 9.09. The Morgan fingerprint density at radius 1 is 0.275 bits per heavy atom. The quantitative estimate of drug-likeness (QED) is 0.0261. The van der Waals surface area contributed by atoms with Crippen molar-refractivity contribution in [1.29, 1.82) is 0 Å². The van der Waals surface area contributed by atoms with Gasteiger partial charge in [0, 0.05) is 31.0 Å². The minimum Gasteiger partial charge on any atom is -0.465 e. The van der Waals surface area contributed by atoms with Crippen molar-refractivity contribution in [1.82, 2.24) is 5.32 Å². The molecule has 91 heavy (non-hydrogen) atoms. The van der Waals surface area contributed by atoms with Crippen LogP contribution in [-0.2, 0) is 38.1 Å². The van der Waals surface area contributed by atoms with Crippen molar-refractivity contribution < 1.29 is 38.1 Å². The van der Waals surface area contributed by atoms with Crippen LogP contribution in [0.25, 0.3) is 0 Å². The van der Waals surface area contributed by atoms with E-state index >= 15 is 0 Å². The van der Waals surface area contributed by atoms with Gasteiger partial charge in [-0.2, -0.15) is 0 Å². The van der Waals surface area contributed by atoms with Gasteiger partial charge in [0.25, 0.3) is 0 Å². The Balaban J connectivity index is -0.00000141. The Hall–Kier alpha value is -1.72. The second-order valence-corrected chi connectivity index (χ2v) is 28.3. The largest absolute Gasteiger partial charge is 0.465 e. The van der Waals surface area contributed by atoms with Gasteiger partial charge < -0.3 is 30.0 Å². The van der Waals surface area contributed by atoms with E-state index in [4.69, 9.17) is 24.7 Å². The summed E-state index contributed by atoms with van der Waals surface area (Å²) in [6, 6.07) is 0. The van der Waals surface area contributed by atoms with Gasteiger partial charge in [-0.05, 0) is 146 Å². The third kappa shape index (κ3) is 77.2. The van der Waals surface area contributed by atoms with Crippen molar-refractivity contribution >= 4 is 39.8 Å². The number of halogens is 1. The van der Waals surface area contributed by atoms with Crippen LogP contribution in [0.3, 0.4) is 0 Å². The number of unbranched alkanes of at least 4 members (excludes halogenated alkanes) is 32. The molecule has 0 unspecified atom stereocenters. The first-order chi connectivity index (χ1) is 44.5. The number of ether oxygens (including phenoxy) is 4. The molecule has 0 atom stereocenters. The molecular formula is C80H159BrN2O8. The summed E-state index contributed by atoms with van der Waals surface area (Å²) in [4.78, 5) is 48.3. The lowest BCUT2D eigenvalue weighted by atomic mass is 9.95. The van der Waals surface area contributed by atoms with Gasteiger partial charge in [-0.1, -0.05) is 302 Å². The zero-order valence-electron chi connectivity index (χ0n) is 62.3. The molecular weight excluding hydrogens is 1200 g/mol. The monoisotopic (exact) mass is 1360 g/mol. The highest BCUT2D eigenvalue weighted by Gasteiger charge is 2.17. The molecule has 0 aliphatic carbocycles. The van der Waals surface area contributed by atoms with Gasteiger partial charge in [0.1, 0.15) is 0 Å². The fourth-order valence-electron chi connectivity index (χ4n) is 11.9. The average molecular weight is 1360 g/mol. The van der Waals surface area contributed by atoms with Crippen molar-refractivity contribution in [2.45, 2.75) is 415 Å². The molecule has 0 aromatic rings. The molecule has 3 N–H and O–H groups in total. The highest BCUT2D eigenvalue weighted by Crippen LogP contribution is 2.24. The van der Waals surface area contributed by atoms with Gasteiger partial charge in [-0.15, -0.1) is 0 Å². The van der Waals surface area contributed by atoms with Crippen LogP contribution in [-0.4, -0.2) is 75.3 Å². The normalized spacial score (nSPS) is 11.3. The number of hydrogen-bond donors (Lipinski definition) is 2. The molecule has 0 bridgehead atoms. The summed E-state index contributed by atoms with van der Waals surface area (Å²) in [6.45, 7) is 23.2. The van der Waals surface area contributed by atoms with Crippen LogP contribution in [0.1, 0.15) is 415 Å². The van der Waals surface area contributed by atoms with Crippen LogP contribution >= 0.6 is 15.9 Å². The van der Waals surface area contributed by atoms with Crippen molar-refractivity contribution in [3.63, 3.8) is 0 Å². The van der Waals surface area contributed by atoms with Crippen LogP contribution in [0.2, 0.25) is 0 Å². The summed E-state index contributed by atoms with van der Waals surface area (Å²) in [6.07, 6.45) is 65.6. The Labute approximate surface area is 575 Å². The lowest BCUT2D eigenvalue weighted by Gasteiger charge is -2.17. The molecule has 0 saturated heterocycles. The summed E-state index contributed by atoms with van der Waals surface area (Å²) >= 11 is 3.42. The summed E-state index contributed by atoms with van der Waals surface area (Å²) in [5.41, 5.74) is 5.46. The van der Waals surface area contributed by atoms with Crippen LogP contribution in [0, 0.1) is 23.7 Å². The minimum absolute atomic E-state index is 0.00619. The van der Waals surface area contributed by atoms with Crippen LogP contribution in [0.15, 0.2) is 0 Å². The maximum absolute atomic E-state index is 12.3. The molecule has 0 saturated carbocycles. The summed E-state index contributed by atoms with van der Waals surface area (Å²) in [5, 5.41) is 4.55. The zero-order valence-corrected chi connectivity index (χ0v) is 63.9. The molecule has 0 amide bonds. The number of nitrogens with one attached hydrogen (secondary N) is 1. The van der Waals surface area contributed by atoms with Crippen molar-refractivity contribution in [2.75, 3.05) is 51.4 Å². The number of rotatable bonds is 70. The first-order valence-corrected chi connectivity index (χ1v) is 41.3. The van der Waals surface area contributed by atoms with Crippen molar-refractivity contribution in [3.8, 4) is 0 Å². The Kier molecular flexibility index (Phi) is 82.9. The zero-order chi connectivity index (χ0) is 67.4. The minimum atomic E-state index is -0.0193. The van der Waals surface area contributed by atoms with Crippen LogP contribution < -0.4 is 11.1 Å². The standard InChI is InChI=1S/C40H79NO4.C20H39BrO2.C20H41NO2/c1-5-9-13-19-27-37(28-20-14-10-6-2)35-44-39(42)31-23-17-25-33-41-34-26-18-24-32-40(43)45-36-38(29-21-15-11-7-3)30-22-16-12-8-4;2*1-3-5-7-10-14-19(15-11-8-6-4-2)18-23-20(22)16-12-9-13-17-21/h37-38,41H,5-36H2,1-4H3;19H,3-18H2,1-2H3;19H,3-18,21H2,1-2H3. The van der Waals surface area contributed by atoms with Crippen LogP contribution in [0.4, 0.5) is 0 Å². The van der Waals surface area contributed by atoms with Gasteiger partial charge >= 0.3 is 23.9 Å². The maximum atomic E-state index is 12.3. The summed E-state index contributed by atoms with van der Waals surface area (Å²) in [5.74, 6) is 2.19. The number of hydrogen-bond acceptors (Lipinski definition) is 10. The van der Waals surface area contributed by atoms with E-state index in [2.05, 4.69) is 76.6 Å². The predicted octanol–water partition coefficient (Wildman–Crippen LogP) is 24.5. The molecule has 0 aromatic heterocycles. The fourth-order valence-corrected chi connectivity index (χ4v) is 12.3. The maximum Gasteiger partial charge on any atom is 0.305 e. The molecule has 10 nitrogen and oxygen atoms in total. The Morgan fingerprint density at radius 3 is 0.670 bits per heavy atom. The molecule has 0 aliphatic heterocycles. The van der Waals surface area contributed by atoms with E-state index < -0.39 is 0 Å². The van der Waals surface area contributed by atoms with E-state index in [1.807, 2.05) is 0 Å². The van der Waals surface area contributed by atoms with E-state index in [1.54, 1.807) is 0 Å². The van der Waals surface area contributed by atoms with Gasteiger partial charge in [0.15, 0.2) is 0 Å². The molecule has 544 valence electrons. The molecule has 0 heterocycles. The second kappa shape index (κ2) is 80.7. The molecule has 11 heteroatoms. The lowest BCUT2D eigenvalue weighted by Crippen LogP contribution is -2.17. The van der Waals surface area contributed by atoms with E-state index in [0.29, 0.717) is 82.3 Å². The Bertz CT molecular complexity index is 1300. The fraction of sp³-hybridized carbons (Fsp3) is 0.950. The van der Waals surface area contributed by atoms with Gasteiger partial charge in [0.2, 0.25) is 0 Å². The third-order valence-electron chi connectivity index (χ3n) is 18.2. The van der Waals surface area contributed by atoms with E-state index in [9.17, 15) is 19.2 Å². The third-order valence-corrected chi connectivity index (χ3v) is 18.8. The molecule has 0 rings (SSSR count). The topological polar surface area (TPSA) is 143 Å². The van der Waals surface area contributed by atoms with Gasteiger partial charge in [-0.3, -0.25) is 19.2 Å². The first-order valence-electron chi connectivity index (χ1n) is 40.1. The molecule has 0 fully saturated rings. The summed E-state index contributed by atoms with van der Waals surface area (Å²) in [7, 11) is 0. The van der Waals surface area contributed by atoms with Gasteiger partial charge in [-0.25, -0.2) is 0 Å². The average Bonchev–Trinajstić information content (AvgIpc) is 3.65. The number of alkyl halides is 1. The van der Waals surface area contributed by atoms with Crippen LogP contribution in [0.5, 0.6) is 0 Å². The summed E-state index contributed by atoms with van der Waals surface area (Å²) < 4.78 is 22.5. The number of esters is 4. The highest BCUT2D eigenvalue weighted by atomic mass is 79.9. The predicted molar refractivity (Wildman–Crippen MR) is 397 cm³/mol. The first kappa shape index (κ1) is 93.5.